The molecule has 0 N–H and O–H groups in total. The van der Waals surface area contributed by atoms with Gasteiger partial charge in [0.05, 0.1) is 5.56 Å². The second kappa shape index (κ2) is 8.55. The van der Waals surface area contributed by atoms with Crippen LogP contribution < -0.4 is 9.64 Å². The molecule has 0 aliphatic carbocycles. The maximum absolute atomic E-state index is 12.7. The Hall–Kier alpha value is -2.68. The van der Waals surface area contributed by atoms with Gasteiger partial charge in [-0.1, -0.05) is 30.3 Å². The molecule has 1 aliphatic rings. The fraction of sp³-hybridized carbons (Fsp3) is 0.190. The SMILES string of the molecule is O=C(c1ccccc1I)N1CCN(c2ccc(Oc3ccccc3)nn2)CC1. The standard InChI is InChI=1S/C21H19IN4O2/c22-18-9-5-4-8-17(18)21(27)26-14-12-25(13-15-26)19-10-11-20(24-23-19)28-16-6-2-1-3-7-16/h1-11H,12-15H2. The van der Waals surface area contributed by atoms with Crippen LogP contribution in [0.5, 0.6) is 11.6 Å². The molecule has 7 heteroatoms. The monoisotopic (exact) mass is 486 g/mol. The second-order valence-electron chi connectivity index (χ2n) is 6.40. The molecule has 0 atom stereocenters. The van der Waals surface area contributed by atoms with Gasteiger partial charge in [0.2, 0.25) is 5.88 Å². The third kappa shape index (κ3) is 4.24. The van der Waals surface area contributed by atoms with Crippen LogP contribution in [-0.4, -0.2) is 47.2 Å². The summed E-state index contributed by atoms with van der Waals surface area (Å²) in [6.07, 6.45) is 0. The summed E-state index contributed by atoms with van der Waals surface area (Å²) in [7, 11) is 0. The first-order valence-electron chi connectivity index (χ1n) is 9.06. The maximum atomic E-state index is 12.7. The number of aromatic nitrogens is 2. The predicted octanol–water partition coefficient (Wildman–Crippen LogP) is 3.84. The number of anilines is 1. The molecule has 0 saturated carbocycles. The molecule has 0 spiro atoms. The summed E-state index contributed by atoms with van der Waals surface area (Å²) in [5.41, 5.74) is 0.763. The van der Waals surface area contributed by atoms with Crippen molar-refractivity contribution >= 4 is 34.3 Å². The highest BCUT2D eigenvalue weighted by atomic mass is 127. The number of carbonyl (C=O) groups excluding carboxylic acids is 1. The molecule has 0 bridgehead atoms. The number of nitrogens with zero attached hydrogens (tertiary/aromatic N) is 4. The molecule has 1 aromatic heterocycles. The normalized spacial score (nSPS) is 14.0. The van der Waals surface area contributed by atoms with Crippen molar-refractivity contribution in [1.29, 1.82) is 0 Å². The van der Waals surface area contributed by atoms with Crippen LogP contribution in [0.25, 0.3) is 0 Å². The van der Waals surface area contributed by atoms with E-state index < -0.39 is 0 Å². The van der Waals surface area contributed by atoms with Gasteiger partial charge in [-0.2, -0.15) is 0 Å². The quantitative estimate of drug-likeness (QED) is 0.525. The molecular formula is C21H19IN4O2. The van der Waals surface area contributed by atoms with Gasteiger partial charge in [-0.15, -0.1) is 10.2 Å². The number of hydrogen-bond donors (Lipinski definition) is 0. The van der Waals surface area contributed by atoms with Crippen LogP contribution in [0.4, 0.5) is 5.82 Å². The Morgan fingerprint density at radius 3 is 2.25 bits per heavy atom. The molecule has 2 heterocycles. The van der Waals surface area contributed by atoms with Gasteiger partial charge in [-0.3, -0.25) is 4.79 Å². The van der Waals surface area contributed by atoms with Crippen LogP contribution >= 0.6 is 22.6 Å². The first-order chi connectivity index (χ1) is 13.7. The number of hydrogen-bond acceptors (Lipinski definition) is 5. The van der Waals surface area contributed by atoms with E-state index in [4.69, 9.17) is 4.74 Å². The zero-order chi connectivity index (χ0) is 19.3. The number of benzene rings is 2. The number of carbonyl (C=O) groups is 1. The van der Waals surface area contributed by atoms with Crippen LogP contribution in [0.2, 0.25) is 0 Å². The summed E-state index contributed by atoms with van der Waals surface area (Å²) in [5, 5.41) is 8.45. The molecule has 1 aliphatic heterocycles. The number of piperazine rings is 1. The molecule has 142 valence electrons. The fourth-order valence-corrected chi connectivity index (χ4v) is 3.71. The minimum absolute atomic E-state index is 0.0855. The average molecular weight is 486 g/mol. The molecule has 1 amide bonds. The van der Waals surface area contributed by atoms with Gasteiger partial charge in [0.25, 0.3) is 5.91 Å². The van der Waals surface area contributed by atoms with E-state index in [0.29, 0.717) is 19.0 Å². The van der Waals surface area contributed by atoms with Gasteiger partial charge in [-0.25, -0.2) is 0 Å². The van der Waals surface area contributed by atoms with Crippen molar-refractivity contribution in [3.8, 4) is 11.6 Å². The number of ether oxygens (including phenoxy) is 1. The third-order valence-corrected chi connectivity index (χ3v) is 5.53. The molecule has 3 aromatic rings. The molecular weight excluding hydrogens is 467 g/mol. The molecule has 1 saturated heterocycles. The van der Waals surface area contributed by atoms with Crippen LogP contribution in [0, 0.1) is 3.57 Å². The Morgan fingerprint density at radius 2 is 1.57 bits per heavy atom. The van der Waals surface area contributed by atoms with E-state index in [0.717, 1.165) is 33.8 Å². The Morgan fingerprint density at radius 1 is 0.857 bits per heavy atom. The topological polar surface area (TPSA) is 58.6 Å². The first kappa shape index (κ1) is 18.7. The van der Waals surface area contributed by atoms with Crippen molar-refractivity contribution in [2.24, 2.45) is 0 Å². The number of para-hydroxylation sites is 1. The van der Waals surface area contributed by atoms with Crippen LogP contribution in [0.1, 0.15) is 10.4 Å². The zero-order valence-corrected chi connectivity index (χ0v) is 17.3. The summed E-state index contributed by atoms with van der Waals surface area (Å²) in [4.78, 5) is 16.8. The largest absolute Gasteiger partial charge is 0.438 e. The molecule has 0 unspecified atom stereocenters. The van der Waals surface area contributed by atoms with Crippen molar-refractivity contribution in [2.45, 2.75) is 0 Å². The molecule has 4 rings (SSSR count). The van der Waals surface area contributed by atoms with E-state index in [1.54, 1.807) is 0 Å². The lowest BCUT2D eigenvalue weighted by Crippen LogP contribution is -2.49. The molecule has 1 fully saturated rings. The fourth-order valence-electron chi connectivity index (χ4n) is 3.09. The maximum Gasteiger partial charge on any atom is 0.255 e. The smallest absolute Gasteiger partial charge is 0.255 e. The van der Waals surface area contributed by atoms with Gasteiger partial charge in [0.1, 0.15) is 5.75 Å². The van der Waals surface area contributed by atoms with Gasteiger partial charge in [0, 0.05) is 35.8 Å². The Labute approximate surface area is 177 Å². The van der Waals surface area contributed by atoms with Crippen LogP contribution in [-0.2, 0) is 0 Å². The highest BCUT2D eigenvalue weighted by Gasteiger charge is 2.24. The Balaban J connectivity index is 1.36. The van der Waals surface area contributed by atoms with E-state index in [9.17, 15) is 4.79 Å². The average Bonchev–Trinajstić information content (AvgIpc) is 2.75. The lowest BCUT2D eigenvalue weighted by atomic mass is 10.2. The van der Waals surface area contributed by atoms with Crippen LogP contribution in [0.15, 0.2) is 66.7 Å². The van der Waals surface area contributed by atoms with Crippen molar-refractivity contribution in [3.05, 3.63) is 75.9 Å². The Bertz CT molecular complexity index is 942. The lowest BCUT2D eigenvalue weighted by molar-refractivity contribution is 0.0745. The number of amides is 1. The van der Waals surface area contributed by atoms with Gasteiger partial charge >= 0.3 is 0 Å². The van der Waals surface area contributed by atoms with Crippen molar-refractivity contribution in [3.63, 3.8) is 0 Å². The highest BCUT2D eigenvalue weighted by Crippen LogP contribution is 2.21. The summed E-state index contributed by atoms with van der Waals surface area (Å²) in [6.45, 7) is 2.77. The first-order valence-corrected chi connectivity index (χ1v) is 10.1. The molecule has 0 radical (unpaired) electrons. The van der Waals surface area contributed by atoms with Crippen molar-refractivity contribution < 1.29 is 9.53 Å². The van der Waals surface area contributed by atoms with E-state index in [1.807, 2.05) is 71.6 Å². The highest BCUT2D eigenvalue weighted by molar-refractivity contribution is 14.1. The summed E-state index contributed by atoms with van der Waals surface area (Å²) in [5.74, 6) is 2.07. The van der Waals surface area contributed by atoms with Crippen molar-refractivity contribution in [2.75, 3.05) is 31.1 Å². The van der Waals surface area contributed by atoms with E-state index >= 15 is 0 Å². The minimum Gasteiger partial charge on any atom is -0.438 e. The lowest BCUT2D eigenvalue weighted by Gasteiger charge is -2.35. The van der Waals surface area contributed by atoms with Crippen molar-refractivity contribution in [1.82, 2.24) is 15.1 Å². The van der Waals surface area contributed by atoms with Gasteiger partial charge in [-0.05, 0) is 52.9 Å². The predicted molar refractivity (Wildman–Crippen MR) is 116 cm³/mol. The van der Waals surface area contributed by atoms with E-state index in [-0.39, 0.29) is 5.91 Å². The summed E-state index contributed by atoms with van der Waals surface area (Å²) >= 11 is 2.21. The minimum atomic E-state index is 0.0855. The number of rotatable bonds is 4. The summed E-state index contributed by atoms with van der Waals surface area (Å²) in [6, 6.07) is 20.9. The van der Waals surface area contributed by atoms with Crippen LogP contribution in [0.3, 0.4) is 0 Å². The van der Waals surface area contributed by atoms with E-state index in [2.05, 4.69) is 37.7 Å². The third-order valence-electron chi connectivity index (χ3n) is 4.59. The van der Waals surface area contributed by atoms with E-state index in [1.165, 1.54) is 0 Å². The number of halogens is 1. The van der Waals surface area contributed by atoms with Gasteiger partial charge < -0.3 is 14.5 Å². The zero-order valence-electron chi connectivity index (χ0n) is 15.2. The van der Waals surface area contributed by atoms with Gasteiger partial charge in [0.15, 0.2) is 5.82 Å². The Kier molecular flexibility index (Phi) is 5.70. The molecule has 6 nitrogen and oxygen atoms in total. The summed E-state index contributed by atoms with van der Waals surface area (Å²) < 4.78 is 6.66. The molecule has 2 aromatic carbocycles. The molecule has 28 heavy (non-hydrogen) atoms. The second-order valence-corrected chi connectivity index (χ2v) is 7.57.